The highest BCUT2D eigenvalue weighted by atomic mass is 32.1. The molecule has 1 fully saturated rings. The van der Waals surface area contributed by atoms with Gasteiger partial charge in [0.15, 0.2) is 0 Å². The number of hydrogen-bond donors (Lipinski definition) is 0. The predicted octanol–water partition coefficient (Wildman–Crippen LogP) is 2.00. The lowest BCUT2D eigenvalue weighted by Crippen LogP contribution is -2.50. The first-order valence-electron chi connectivity index (χ1n) is 5.05. The molecule has 82 valence electrons. The number of morpholine rings is 1. The van der Waals surface area contributed by atoms with Gasteiger partial charge >= 0.3 is 0 Å². The zero-order chi connectivity index (χ0) is 10.9. The highest BCUT2D eigenvalue weighted by molar-refractivity contribution is 7.12. The van der Waals surface area contributed by atoms with Crippen LogP contribution >= 0.6 is 11.3 Å². The Labute approximate surface area is 93.7 Å². The molecule has 0 atom stereocenters. The Morgan fingerprint density at radius 2 is 2.40 bits per heavy atom. The fraction of sp³-hybridized carbons (Fsp3) is 0.545. The van der Waals surface area contributed by atoms with Gasteiger partial charge in [-0.3, -0.25) is 4.79 Å². The molecule has 4 heteroatoms. The van der Waals surface area contributed by atoms with Crippen molar-refractivity contribution < 1.29 is 9.53 Å². The van der Waals surface area contributed by atoms with E-state index in [2.05, 4.69) is 0 Å². The largest absolute Gasteiger partial charge is 0.372 e. The minimum absolute atomic E-state index is 0.126. The third kappa shape index (κ3) is 2.38. The van der Waals surface area contributed by atoms with Gasteiger partial charge in [-0.15, -0.1) is 11.3 Å². The fourth-order valence-electron chi connectivity index (χ4n) is 1.75. The molecule has 1 aromatic heterocycles. The molecule has 0 aliphatic carbocycles. The Hall–Kier alpha value is -0.870. The normalized spacial score (nSPS) is 20.3. The van der Waals surface area contributed by atoms with Crippen molar-refractivity contribution in [3.05, 3.63) is 22.4 Å². The second-order valence-electron chi connectivity index (χ2n) is 4.31. The first-order valence-corrected chi connectivity index (χ1v) is 5.93. The molecular formula is C11H15NO2S. The van der Waals surface area contributed by atoms with Crippen LogP contribution in [-0.4, -0.2) is 36.1 Å². The molecule has 0 unspecified atom stereocenters. The molecule has 15 heavy (non-hydrogen) atoms. The van der Waals surface area contributed by atoms with Gasteiger partial charge in [0.2, 0.25) is 0 Å². The van der Waals surface area contributed by atoms with Crippen LogP contribution in [0.4, 0.5) is 0 Å². The molecule has 2 rings (SSSR count). The van der Waals surface area contributed by atoms with E-state index in [1.807, 2.05) is 36.3 Å². The minimum Gasteiger partial charge on any atom is -0.372 e. The SMILES string of the molecule is CC1(C)CN(C(=O)c2cccs2)CCO1. The molecule has 0 spiro atoms. The highest BCUT2D eigenvalue weighted by Gasteiger charge is 2.30. The molecule has 1 saturated heterocycles. The van der Waals surface area contributed by atoms with Crippen molar-refractivity contribution in [2.75, 3.05) is 19.7 Å². The summed E-state index contributed by atoms with van der Waals surface area (Å²) in [5.41, 5.74) is -0.217. The summed E-state index contributed by atoms with van der Waals surface area (Å²) < 4.78 is 5.57. The Kier molecular flexibility index (Phi) is 2.80. The molecule has 2 heterocycles. The van der Waals surface area contributed by atoms with Gasteiger partial charge in [-0.05, 0) is 25.3 Å². The van der Waals surface area contributed by atoms with Gasteiger partial charge in [-0.25, -0.2) is 0 Å². The van der Waals surface area contributed by atoms with E-state index in [1.165, 1.54) is 11.3 Å². The van der Waals surface area contributed by atoms with Gasteiger partial charge in [0, 0.05) is 13.1 Å². The van der Waals surface area contributed by atoms with Crippen molar-refractivity contribution in [1.29, 1.82) is 0 Å². The number of carbonyl (C=O) groups excluding carboxylic acids is 1. The van der Waals surface area contributed by atoms with Crippen molar-refractivity contribution in [3.63, 3.8) is 0 Å². The van der Waals surface area contributed by atoms with Crippen LogP contribution < -0.4 is 0 Å². The number of nitrogens with zero attached hydrogens (tertiary/aromatic N) is 1. The maximum atomic E-state index is 12.0. The van der Waals surface area contributed by atoms with E-state index in [1.54, 1.807) is 0 Å². The average molecular weight is 225 g/mol. The van der Waals surface area contributed by atoms with Crippen LogP contribution in [-0.2, 0) is 4.74 Å². The van der Waals surface area contributed by atoms with Gasteiger partial charge in [-0.2, -0.15) is 0 Å². The topological polar surface area (TPSA) is 29.5 Å². The zero-order valence-corrected chi connectivity index (χ0v) is 9.84. The maximum absolute atomic E-state index is 12.0. The molecule has 0 bridgehead atoms. The maximum Gasteiger partial charge on any atom is 0.264 e. The van der Waals surface area contributed by atoms with Crippen molar-refractivity contribution in [1.82, 2.24) is 4.90 Å². The van der Waals surface area contributed by atoms with Crippen molar-refractivity contribution in [2.24, 2.45) is 0 Å². The molecule has 0 N–H and O–H groups in total. The van der Waals surface area contributed by atoms with E-state index < -0.39 is 0 Å². The lowest BCUT2D eigenvalue weighted by Gasteiger charge is -2.37. The quantitative estimate of drug-likeness (QED) is 0.731. The number of ether oxygens (including phenoxy) is 1. The van der Waals surface area contributed by atoms with Crippen LogP contribution in [0.3, 0.4) is 0 Å². The van der Waals surface area contributed by atoms with Crippen molar-refractivity contribution in [2.45, 2.75) is 19.4 Å². The number of amides is 1. The van der Waals surface area contributed by atoms with Crippen LogP contribution in [0.1, 0.15) is 23.5 Å². The minimum atomic E-state index is -0.217. The first-order chi connectivity index (χ1) is 7.08. The summed E-state index contributed by atoms with van der Waals surface area (Å²) in [6.45, 7) is 6.02. The fourth-order valence-corrected chi connectivity index (χ4v) is 2.44. The summed E-state index contributed by atoms with van der Waals surface area (Å²) in [7, 11) is 0. The second kappa shape index (κ2) is 3.94. The molecule has 0 radical (unpaired) electrons. The first kappa shape index (κ1) is 10.6. The van der Waals surface area contributed by atoms with Crippen LogP contribution in [0, 0.1) is 0 Å². The van der Waals surface area contributed by atoms with Crippen LogP contribution in [0.2, 0.25) is 0 Å². The average Bonchev–Trinajstić information content (AvgIpc) is 2.67. The van der Waals surface area contributed by atoms with Gasteiger partial charge in [-0.1, -0.05) is 6.07 Å². The Balaban J connectivity index is 2.08. The van der Waals surface area contributed by atoms with Gasteiger partial charge in [0.1, 0.15) is 0 Å². The van der Waals surface area contributed by atoms with Crippen LogP contribution in [0.5, 0.6) is 0 Å². The molecular weight excluding hydrogens is 210 g/mol. The van der Waals surface area contributed by atoms with E-state index in [9.17, 15) is 4.79 Å². The summed E-state index contributed by atoms with van der Waals surface area (Å²) in [5, 5.41) is 1.93. The smallest absolute Gasteiger partial charge is 0.264 e. The number of carbonyl (C=O) groups is 1. The third-order valence-electron chi connectivity index (χ3n) is 2.44. The number of hydrogen-bond acceptors (Lipinski definition) is 3. The van der Waals surface area contributed by atoms with Crippen molar-refractivity contribution >= 4 is 17.2 Å². The zero-order valence-electron chi connectivity index (χ0n) is 9.03. The van der Waals surface area contributed by atoms with E-state index in [0.29, 0.717) is 19.7 Å². The predicted molar refractivity (Wildman–Crippen MR) is 60.3 cm³/mol. The van der Waals surface area contributed by atoms with E-state index in [0.717, 1.165) is 4.88 Å². The van der Waals surface area contributed by atoms with Gasteiger partial charge in [0.05, 0.1) is 17.1 Å². The Morgan fingerprint density at radius 1 is 1.60 bits per heavy atom. The Morgan fingerprint density at radius 3 is 3.00 bits per heavy atom. The third-order valence-corrected chi connectivity index (χ3v) is 3.30. The standard InChI is InChI=1S/C11H15NO2S/c1-11(2)8-12(5-6-14-11)10(13)9-4-3-7-15-9/h3-4,7H,5-6,8H2,1-2H3. The summed E-state index contributed by atoms with van der Waals surface area (Å²) in [6, 6.07) is 3.78. The van der Waals surface area contributed by atoms with Gasteiger partial charge in [0.25, 0.3) is 5.91 Å². The lowest BCUT2D eigenvalue weighted by atomic mass is 10.1. The van der Waals surface area contributed by atoms with Crippen molar-refractivity contribution in [3.8, 4) is 0 Å². The highest BCUT2D eigenvalue weighted by Crippen LogP contribution is 2.20. The molecule has 3 nitrogen and oxygen atoms in total. The lowest BCUT2D eigenvalue weighted by molar-refractivity contribution is -0.0763. The van der Waals surface area contributed by atoms with E-state index in [-0.39, 0.29) is 11.5 Å². The number of thiophene rings is 1. The molecule has 1 aromatic rings. The van der Waals surface area contributed by atoms with E-state index >= 15 is 0 Å². The van der Waals surface area contributed by atoms with Gasteiger partial charge < -0.3 is 9.64 Å². The summed E-state index contributed by atoms with van der Waals surface area (Å²) >= 11 is 1.49. The molecule has 1 amide bonds. The number of rotatable bonds is 1. The Bertz CT molecular complexity index is 345. The van der Waals surface area contributed by atoms with Crippen LogP contribution in [0.25, 0.3) is 0 Å². The molecule has 0 aromatic carbocycles. The molecule has 0 saturated carbocycles. The van der Waals surface area contributed by atoms with E-state index in [4.69, 9.17) is 4.74 Å². The monoisotopic (exact) mass is 225 g/mol. The molecule has 1 aliphatic heterocycles. The van der Waals surface area contributed by atoms with Crippen LogP contribution in [0.15, 0.2) is 17.5 Å². The summed E-state index contributed by atoms with van der Waals surface area (Å²) in [4.78, 5) is 14.7. The summed E-state index contributed by atoms with van der Waals surface area (Å²) in [5.74, 6) is 0.126. The molecule has 1 aliphatic rings. The summed E-state index contributed by atoms with van der Waals surface area (Å²) in [6.07, 6.45) is 0. The second-order valence-corrected chi connectivity index (χ2v) is 5.26.